The third kappa shape index (κ3) is 2.30. The van der Waals surface area contributed by atoms with Gasteiger partial charge in [-0.05, 0) is 36.1 Å². The molecule has 0 radical (unpaired) electrons. The molecule has 0 heterocycles. The predicted octanol–water partition coefficient (Wildman–Crippen LogP) is 5.13. The molecule has 100 valence electrons. The summed E-state index contributed by atoms with van der Waals surface area (Å²) in [7, 11) is 0. The molecule has 0 saturated carbocycles. The van der Waals surface area contributed by atoms with E-state index in [0.29, 0.717) is 10.7 Å². The minimum absolute atomic E-state index is 0.568. The first-order valence-electron chi connectivity index (χ1n) is 6.45. The van der Waals surface area contributed by atoms with Crippen LogP contribution in [-0.2, 0) is 0 Å². The third-order valence-corrected chi connectivity index (χ3v) is 3.73. The van der Waals surface area contributed by atoms with Crippen molar-refractivity contribution < 1.29 is 0 Å². The van der Waals surface area contributed by atoms with Crippen LogP contribution in [0.25, 0.3) is 10.8 Å². The molecule has 0 amide bonds. The molecule has 20 heavy (non-hydrogen) atoms. The van der Waals surface area contributed by atoms with E-state index in [1.165, 1.54) is 10.8 Å². The van der Waals surface area contributed by atoms with Gasteiger partial charge in [-0.15, -0.1) is 0 Å². The van der Waals surface area contributed by atoms with Gasteiger partial charge in [0.05, 0.1) is 10.7 Å². The largest absolute Gasteiger partial charge is 0.398 e. The van der Waals surface area contributed by atoms with Crippen molar-refractivity contribution in [3.8, 4) is 0 Å². The van der Waals surface area contributed by atoms with E-state index in [0.717, 1.165) is 16.9 Å². The fraction of sp³-hybridized carbons (Fsp3) is 0.0588. The lowest BCUT2D eigenvalue weighted by atomic mass is 10.1. The Morgan fingerprint density at radius 1 is 0.950 bits per heavy atom. The van der Waals surface area contributed by atoms with Gasteiger partial charge in [-0.1, -0.05) is 48.0 Å². The van der Waals surface area contributed by atoms with Gasteiger partial charge in [0.1, 0.15) is 0 Å². The smallest absolute Gasteiger partial charge is 0.0656 e. The van der Waals surface area contributed by atoms with Gasteiger partial charge in [-0.2, -0.15) is 0 Å². The first kappa shape index (κ1) is 12.8. The molecule has 0 spiro atoms. The maximum Gasteiger partial charge on any atom is 0.0656 e. The lowest BCUT2D eigenvalue weighted by molar-refractivity contribution is 1.44. The summed E-state index contributed by atoms with van der Waals surface area (Å²) in [5.41, 5.74) is 9.52. The second kappa shape index (κ2) is 5.06. The molecule has 3 rings (SSSR count). The molecular formula is C17H15ClN2. The number of aryl methyl sites for hydroxylation is 1. The van der Waals surface area contributed by atoms with E-state index in [1.54, 1.807) is 0 Å². The zero-order chi connectivity index (χ0) is 14.1. The Bertz CT molecular complexity index is 776. The minimum Gasteiger partial charge on any atom is -0.398 e. The van der Waals surface area contributed by atoms with Crippen LogP contribution in [0.1, 0.15) is 5.56 Å². The molecular weight excluding hydrogens is 268 g/mol. The molecule has 0 aliphatic rings. The number of hydrogen-bond donors (Lipinski definition) is 2. The van der Waals surface area contributed by atoms with Crippen LogP contribution in [-0.4, -0.2) is 0 Å². The van der Waals surface area contributed by atoms with E-state index in [-0.39, 0.29) is 0 Å². The highest BCUT2D eigenvalue weighted by Crippen LogP contribution is 2.31. The van der Waals surface area contributed by atoms with Gasteiger partial charge >= 0.3 is 0 Å². The monoisotopic (exact) mass is 282 g/mol. The van der Waals surface area contributed by atoms with Crippen LogP contribution in [0.15, 0.2) is 54.6 Å². The van der Waals surface area contributed by atoms with Crippen molar-refractivity contribution in [1.29, 1.82) is 0 Å². The Hall–Kier alpha value is -2.19. The van der Waals surface area contributed by atoms with Crippen LogP contribution in [0.5, 0.6) is 0 Å². The number of benzene rings is 3. The van der Waals surface area contributed by atoms with E-state index in [4.69, 9.17) is 17.3 Å². The quantitative estimate of drug-likeness (QED) is 0.640. The maximum atomic E-state index is 6.11. The van der Waals surface area contributed by atoms with Crippen molar-refractivity contribution in [2.45, 2.75) is 6.92 Å². The number of fused-ring (bicyclic) bond motifs is 1. The molecule has 0 aromatic heterocycles. The molecule has 0 fully saturated rings. The summed E-state index contributed by atoms with van der Waals surface area (Å²) in [5.74, 6) is 0. The lowest BCUT2D eigenvalue weighted by Crippen LogP contribution is -1.96. The molecule has 3 aromatic carbocycles. The molecule has 2 nitrogen and oxygen atoms in total. The van der Waals surface area contributed by atoms with Gasteiger partial charge < -0.3 is 11.1 Å². The highest BCUT2D eigenvalue weighted by atomic mass is 35.5. The summed E-state index contributed by atoms with van der Waals surface area (Å²) >= 11 is 6.11. The van der Waals surface area contributed by atoms with Crippen LogP contribution in [0, 0.1) is 6.92 Å². The van der Waals surface area contributed by atoms with Crippen molar-refractivity contribution >= 4 is 39.4 Å². The van der Waals surface area contributed by atoms with E-state index < -0.39 is 0 Å². The van der Waals surface area contributed by atoms with Crippen LogP contribution >= 0.6 is 11.6 Å². The van der Waals surface area contributed by atoms with Crippen molar-refractivity contribution in [3.63, 3.8) is 0 Å². The van der Waals surface area contributed by atoms with Crippen molar-refractivity contribution in [2.24, 2.45) is 0 Å². The molecule has 0 bridgehead atoms. The topological polar surface area (TPSA) is 38.0 Å². The average molecular weight is 283 g/mol. The number of nitrogen functional groups attached to an aromatic ring is 1. The van der Waals surface area contributed by atoms with Gasteiger partial charge in [0.25, 0.3) is 0 Å². The second-order valence-corrected chi connectivity index (χ2v) is 5.25. The Labute approximate surface area is 123 Å². The Morgan fingerprint density at radius 3 is 2.55 bits per heavy atom. The second-order valence-electron chi connectivity index (χ2n) is 4.84. The van der Waals surface area contributed by atoms with Crippen LogP contribution < -0.4 is 11.1 Å². The summed E-state index contributed by atoms with van der Waals surface area (Å²) in [5, 5.41) is 6.40. The number of nitrogens with one attached hydrogen (secondary N) is 1. The van der Waals surface area contributed by atoms with Crippen LogP contribution in [0.3, 0.4) is 0 Å². The summed E-state index contributed by atoms with van der Waals surface area (Å²) in [6, 6.07) is 18.2. The zero-order valence-corrected chi connectivity index (χ0v) is 11.9. The summed E-state index contributed by atoms with van der Waals surface area (Å²) < 4.78 is 0. The van der Waals surface area contributed by atoms with E-state index in [9.17, 15) is 0 Å². The summed E-state index contributed by atoms with van der Waals surface area (Å²) in [6.07, 6.45) is 0. The average Bonchev–Trinajstić information content (AvgIpc) is 2.45. The summed E-state index contributed by atoms with van der Waals surface area (Å²) in [4.78, 5) is 0. The molecule has 3 heteroatoms. The van der Waals surface area contributed by atoms with Crippen molar-refractivity contribution in [1.82, 2.24) is 0 Å². The fourth-order valence-electron chi connectivity index (χ4n) is 2.32. The number of rotatable bonds is 2. The molecule has 0 saturated heterocycles. The Morgan fingerprint density at radius 2 is 1.70 bits per heavy atom. The van der Waals surface area contributed by atoms with Gasteiger partial charge in [0.2, 0.25) is 0 Å². The molecule has 3 aromatic rings. The molecule has 0 aliphatic carbocycles. The zero-order valence-electron chi connectivity index (χ0n) is 11.2. The SMILES string of the molecule is Cc1cc(N)c(Cl)cc1Nc1cccc2ccccc12. The normalized spacial score (nSPS) is 10.7. The lowest BCUT2D eigenvalue weighted by Gasteiger charge is -2.13. The van der Waals surface area contributed by atoms with Crippen LogP contribution in [0.4, 0.5) is 17.1 Å². The number of nitrogens with two attached hydrogens (primary N) is 1. The van der Waals surface area contributed by atoms with E-state index in [1.807, 2.05) is 37.3 Å². The Balaban J connectivity index is 2.08. The molecule has 0 atom stereocenters. The van der Waals surface area contributed by atoms with Crippen molar-refractivity contribution in [2.75, 3.05) is 11.1 Å². The fourth-order valence-corrected chi connectivity index (χ4v) is 2.48. The number of anilines is 3. The van der Waals surface area contributed by atoms with Gasteiger partial charge in [-0.3, -0.25) is 0 Å². The van der Waals surface area contributed by atoms with E-state index in [2.05, 4.69) is 29.6 Å². The standard InChI is InChI=1S/C17H15ClN2/c1-11-9-15(19)14(18)10-17(11)20-16-8-4-6-12-5-2-3-7-13(12)16/h2-10,20H,19H2,1H3. The number of halogens is 1. The molecule has 0 aliphatic heterocycles. The maximum absolute atomic E-state index is 6.11. The van der Waals surface area contributed by atoms with E-state index >= 15 is 0 Å². The highest BCUT2D eigenvalue weighted by molar-refractivity contribution is 6.33. The first-order chi connectivity index (χ1) is 9.65. The molecule has 0 unspecified atom stereocenters. The highest BCUT2D eigenvalue weighted by Gasteiger charge is 2.06. The summed E-state index contributed by atoms with van der Waals surface area (Å²) in [6.45, 7) is 2.01. The third-order valence-electron chi connectivity index (χ3n) is 3.40. The van der Waals surface area contributed by atoms with Gasteiger partial charge in [-0.25, -0.2) is 0 Å². The Kier molecular flexibility index (Phi) is 3.25. The molecule has 3 N–H and O–H groups in total. The van der Waals surface area contributed by atoms with Crippen LogP contribution in [0.2, 0.25) is 5.02 Å². The van der Waals surface area contributed by atoms with Crippen molar-refractivity contribution in [3.05, 3.63) is 65.2 Å². The first-order valence-corrected chi connectivity index (χ1v) is 6.83. The van der Waals surface area contributed by atoms with Gasteiger partial charge in [0.15, 0.2) is 0 Å². The van der Waals surface area contributed by atoms with Gasteiger partial charge in [0, 0.05) is 16.8 Å². The minimum atomic E-state index is 0.568. The predicted molar refractivity (Wildman–Crippen MR) is 87.8 cm³/mol. The number of hydrogen-bond acceptors (Lipinski definition) is 2.